The van der Waals surface area contributed by atoms with Gasteiger partial charge in [-0.3, -0.25) is 9.69 Å². The molecule has 0 saturated carbocycles. The quantitative estimate of drug-likeness (QED) is 0.612. The lowest BCUT2D eigenvalue weighted by Crippen LogP contribution is -2.58. The summed E-state index contributed by atoms with van der Waals surface area (Å²) in [5, 5.41) is 12.3. The molecule has 6 nitrogen and oxygen atoms in total. The maximum absolute atomic E-state index is 11.4. The van der Waals surface area contributed by atoms with Gasteiger partial charge in [0.15, 0.2) is 0 Å². The number of aliphatic hydroxyl groups excluding tert-OH is 1. The highest BCUT2D eigenvalue weighted by Gasteiger charge is 2.31. The molecule has 4 rings (SSSR count). The van der Waals surface area contributed by atoms with Crippen LogP contribution in [0.5, 0.6) is 5.75 Å². The number of fused-ring (bicyclic) bond motifs is 1. The van der Waals surface area contributed by atoms with Crippen LogP contribution in [0.4, 0.5) is 5.69 Å². The van der Waals surface area contributed by atoms with Gasteiger partial charge in [0.1, 0.15) is 18.5 Å². The van der Waals surface area contributed by atoms with Gasteiger partial charge in [-0.1, -0.05) is 11.6 Å². The number of aromatic amines is 1. The van der Waals surface area contributed by atoms with Gasteiger partial charge in [0.25, 0.3) is 0 Å². The molecule has 7 heteroatoms. The van der Waals surface area contributed by atoms with Gasteiger partial charge in [-0.05, 0) is 62.4 Å². The molecule has 2 N–H and O–H groups in total. The van der Waals surface area contributed by atoms with Crippen molar-refractivity contribution in [1.29, 1.82) is 0 Å². The first-order chi connectivity index (χ1) is 14.9. The monoisotopic (exact) mass is 441 g/mol. The van der Waals surface area contributed by atoms with Crippen molar-refractivity contribution in [2.45, 2.75) is 32.0 Å². The fourth-order valence-corrected chi connectivity index (χ4v) is 4.42. The van der Waals surface area contributed by atoms with Crippen LogP contribution in [0, 0.1) is 0 Å². The summed E-state index contributed by atoms with van der Waals surface area (Å²) in [7, 11) is 0. The summed E-state index contributed by atoms with van der Waals surface area (Å²) in [6.07, 6.45) is -0.599. The molecule has 164 valence electrons. The van der Waals surface area contributed by atoms with Crippen LogP contribution in [0.1, 0.15) is 13.8 Å². The molecule has 0 amide bonds. The molecular formula is C24H28ClN3O3. The highest BCUT2D eigenvalue weighted by atomic mass is 35.5. The number of halogens is 1. The molecule has 0 unspecified atom stereocenters. The number of aromatic nitrogens is 1. The number of piperazine rings is 1. The lowest BCUT2D eigenvalue weighted by Gasteiger charge is -2.46. The molecule has 0 spiro atoms. The SMILES string of the molecule is C[C@@H]1CN(c2ccc(Cl)cc2)C[C@H](C)N1C[C@@H](O)COc1ccc2[nH]c(=O)ccc2c1. The minimum Gasteiger partial charge on any atom is -0.491 e. The number of hydrogen-bond donors (Lipinski definition) is 2. The van der Waals surface area contributed by atoms with Crippen LogP contribution in [-0.2, 0) is 0 Å². The van der Waals surface area contributed by atoms with Crippen molar-refractivity contribution in [3.63, 3.8) is 0 Å². The number of pyridine rings is 1. The Labute approximate surface area is 187 Å². The average molecular weight is 442 g/mol. The topological polar surface area (TPSA) is 68.8 Å². The predicted octanol–water partition coefficient (Wildman–Crippen LogP) is 3.52. The molecule has 1 aromatic heterocycles. The summed E-state index contributed by atoms with van der Waals surface area (Å²) in [4.78, 5) is 18.9. The van der Waals surface area contributed by atoms with Crippen molar-refractivity contribution in [1.82, 2.24) is 9.88 Å². The second-order valence-electron chi connectivity index (χ2n) is 8.31. The van der Waals surface area contributed by atoms with Gasteiger partial charge in [0.2, 0.25) is 5.56 Å². The highest BCUT2D eigenvalue weighted by molar-refractivity contribution is 6.30. The van der Waals surface area contributed by atoms with E-state index < -0.39 is 6.10 Å². The summed E-state index contributed by atoms with van der Waals surface area (Å²) in [5.41, 5.74) is 1.81. The average Bonchev–Trinajstić information content (AvgIpc) is 2.75. The van der Waals surface area contributed by atoms with Crippen LogP contribution in [0.15, 0.2) is 59.4 Å². The maximum atomic E-state index is 11.4. The number of anilines is 1. The third kappa shape index (κ3) is 5.21. The third-order valence-electron chi connectivity index (χ3n) is 5.85. The largest absolute Gasteiger partial charge is 0.491 e. The lowest BCUT2D eigenvalue weighted by molar-refractivity contribution is 0.0318. The molecule has 3 aromatic rings. The van der Waals surface area contributed by atoms with Crippen LogP contribution in [0.25, 0.3) is 10.9 Å². The zero-order valence-electron chi connectivity index (χ0n) is 17.8. The summed E-state index contributed by atoms with van der Waals surface area (Å²) >= 11 is 6.02. The molecule has 2 aromatic carbocycles. The Morgan fingerprint density at radius 3 is 2.52 bits per heavy atom. The fraction of sp³-hybridized carbons (Fsp3) is 0.375. The van der Waals surface area contributed by atoms with E-state index in [0.29, 0.717) is 24.4 Å². The van der Waals surface area contributed by atoms with E-state index in [1.165, 1.54) is 11.8 Å². The van der Waals surface area contributed by atoms with Crippen molar-refractivity contribution >= 4 is 28.2 Å². The lowest BCUT2D eigenvalue weighted by atomic mass is 10.1. The summed E-state index contributed by atoms with van der Waals surface area (Å²) < 4.78 is 5.83. The van der Waals surface area contributed by atoms with Gasteiger partial charge in [0, 0.05) is 59.4 Å². The van der Waals surface area contributed by atoms with E-state index >= 15 is 0 Å². The maximum Gasteiger partial charge on any atom is 0.248 e. The molecule has 1 aliphatic rings. The first-order valence-electron chi connectivity index (χ1n) is 10.6. The van der Waals surface area contributed by atoms with E-state index in [4.69, 9.17) is 16.3 Å². The van der Waals surface area contributed by atoms with Gasteiger partial charge >= 0.3 is 0 Å². The number of aliphatic hydroxyl groups is 1. The number of rotatable bonds is 6. The van der Waals surface area contributed by atoms with Gasteiger partial charge in [-0.2, -0.15) is 0 Å². The number of nitrogens with zero attached hydrogens (tertiary/aromatic N) is 2. The molecular weight excluding hydrogens is 414 g/mol. The number of nitrogens with one attached hydrogen (secondary N) is 1. The molecule has 3 atom stereocenters. The smallest absolute Gasteiger partial charge is 0.248 e. The number of H-pyrrole nitrogens is 1. The Kier molecular flexibility index (Phi) is 6.51. The Morgan fingerprint density at radius 1 is 1.10 bits per heavy atom. The Hall–Kier alpha value is -2.54. The first-order valence-corrected chi connectivity index (χ1v) is 11.0. The second-order valence-corrected chi connectivity index (χ2v) is 8.75. The minimum atomic E-state index is -0.599. The molecule has 1 fully saturated rings. The second kappa shape index (κ2) is 9.30. The van der Waals surface area contributed by atoms with Crippen molar-refractivity contribution in [2.75, 3.05) is 31.1 Å². The van der Waals surface area contributed by atoms with Gasteiger partial charge in [-0.25, -0.2) is 0 Å². The molecule has 0 radical (unpaired) electrons. The van der Waals surface area contributed by atoms with Crippen molar-refractivity contribution in [2.24, 2.45) is 0 Å². The zero-order chi connectivity index (χ0) is 22.0. The molecule has 0 aliphatic carbocycles. The van der Waals surface area contributed by atoms with E-state index in [-0.39, 0.29) is 12.2 Å². The number of hydrogen-bond acceptors (Lipinski definition) is 5. The number of benzene rings is 2. The van der Waals surface area contributed by atoms with Gasteiger partial charge in [-0.15, -0.1) is 0 Å². The Bertz CT molecular complexity index is 1070. The Balaban J connectivity index is 1.33. The van der Waals surface area contributed by atoms with Crippen LogP contribution in [0.3, 0.4) is 0 Å². The van der Waals surface area contributed by atoms with Crippen molar-refractivity contribution in [3.05, 3.63) is 70.0 Å². The van der Waals surface area contributed by atoms with Crippen LogP contribution < -0.4 is 15.2 Å². The Morgan fingerprint density at radius 2 is 1.81 bits per heavy atom. The predicted molar refractivity (Wildman–Crippen MR) is 125 cm³/mol. The molecule has 1 aliphatic heterocycles. The van der Waals surface area contributed by atoms with Crippen LogP contribution in [0.2, 0.25) is 5.02 Å². The van der Waals surface area contributed by atoms with Crippen molar-refractivity contribution < 1.29 is 9.84 Å². The fourth-order valence-electron chi connectivity index (χ4n) is 4.29. The molecule has 0 bridgehead atoms. The standard InChI is InChI=1S/C24H28ClN3O3/c1-16-12-27(20-6-4-19(25)5-7-20)13-17(2)28(16)14-21(29)15-31-22-8-9-23-18(11-22)3-10-24(30)26-23/h3-11,16-17,21,29H,12-15H2,1-2H3,(H,26,30)/t16-,17+,21-/m1/s1. The number of ether oxygens (including phenoxy) is 1. The molecule has 1 saturated heterocycles. The minimum absolute atomic E-state index is 0.129. The van der Waals surface area contributed by atoms with Gasteiger partial charge in [0.05, 0.1) is 0 Å². The number of β-amino-alcohol motifs (C(OH)–C–C–N with tert-alkyl or cyclic N) is 1. The molecule has 2 heterocycles. The third-order valence-corrected chi connectivity index (χ3v) is 6.10. The normalized spacial score (nSPS) is 20.7. The molecule has 31 heavy (non-hydrogen) atoms. The summed E-state index contributed by atoms with van der Waals surface area (Å²) in [6, 6.07) is 17.3. The van der Waals surface area contributed by atoms with E-state index in [1.807, 2.05) is 24.3 Å². The van der Waals surface area contributed by atoms with E-state index in [0.717, 1.165) is 29.0 Å². The van der Waals surface area contributed by atoms with E-state index in [9.17, 15) is 9.90 Å². The summed E-state index contributed by atoms with van der Waals surface area (Å²) in [6.45, 7) is 6.93. The van der Waals surface area contributed by atoms with Gasteiger partial charge < -0.3 is 19.7 Å². The first kappa shape index (κ1) is 21.7. The van der Waals surface area contributed by atoms with Crippen LogP contribution in [-0.4, -0.2) is 59.4 Å². The highest BCUT2D eigenvalue weighted by Crippen LogP contribution is 2.24. The van der Waals surface area contributed by atoms with Crippen molar-refractivity contribution in [3.8, 4) is 5.75 Å². The summed E-state index contributed by atoms with van der Waals surface area (Å²) in [5.74, 6) is 0.673. The van der Waals surface area contributed by atoms with Crippen LogP contribution >= 0.6 is 11.6 Å². The zero-order valence-corrected chi connectivity index (χ0v) is 18.5. The van der Waals surface area contributed by atoms with E-state index in [1.54, 1.807) is 12.1 Å². The van der Waals surface area contributed by atoms with E-state index in [2.05, 4.69) is 40.8 Å².